The fourth-order valence-corrected chi connectivity index (χ4v) is 3.04. The van der Waals surface area contributed by atoms with E-state index in [1.54, 1.807) is 0 Å². The molecule has 0 bridgehead atoms. The van der Waals surface area contributed by atoms with E-state index >= 15 is 0 Å². The quantitative estimate of drug-likeness (QED) is 0.275. The standard InChI is InChI=1S/C20H36O4/c1-2-3-4-8-11-18(16-21)14-15-19(17-22)12-9-6-5-7-10-13-20(23)24/h16-19H,2-15H2,1H3,(H,23,24). The molecule has 0 rings (SSSR count). The molecule has 0 radical (unpaired) electrons. The highest BCUT2D eigenvalue weighted by Gasteiger charge is 2.12. The maximum atomic E-state index is 11.2. The molecule has 0 aliphatic heterocycles. The van der Waals surface area contributed by atoms with Crippen molar-refractivity contribution >= 4 is 18.5 Å². The number of carboxylic acids is 1. The number of carbonyl (C=O) groups excluding carboxylic acids is 2. The summed E-state index contributed by atoms with van der Waals surface area (Å²) in [6.45, 7) is 2.18. The molecule has 0 aromatic rings. The molecule has 0 heterocycles. The summed E-state index contributed by atoms with van der Waals surface area (Å²) in [5.41, 5.74) is 0. The van der Waals surface area contributed by atoms with Gasteiger partial charge in [-0.1, -0.05) is 58.3 Å². The highest BCUT2D eigenvalue weighted by atomic mass is 16.4. The average molecular weight is 341 g/mol. The molecular weight excluding hydrogens is 304 g/mol. The lowest BCUT2D eigenvalue weighted by Crippen LogP contribution is -2.08. The Bertz CT molecular complexity index is 328. The van der Waals surface area contributed by atoms with Gasteiger partial charge in [-0.15, -0.1) is 0 Å². The number of aliphatic carboxylic acids is 1. The predicted octanol–water partition coefficient (Wildman–Crippen LogP) is 5.18. The summed E-state index contributed by atoms with van der Waals surface area (Å²) in [6, 6.07) is 0. The second-order valence-electron chi connectivity index (χ2n) is 6.92. The Morgan fingerprint density at radius 3 is 1.67 bits per heavy atom. The molecule has 2 atom stereocenters. The van der Waals surface area contributed by atoms with Gasteiger partial charge in [0.25, 0.3) is 0 Å². The zero-order chi connectivity index (χ0) is 18.0. The summed E-state index contributed by atoms with van der Waals surface area (Å²) >= 11 is 0. The Kier molecular flexibility index (Phi) is 15.8. The van der Waals surface area contributed by atoms with Gasteiger partial charge in [0.05, 0.1) is 0 Å². The van der Waals surface area contributed by atoms with Gasteiger partial charge < -0.3 is 14.7 Å². The van der Waals surface area contributed by atoms with E-state index in [0.717, 1.165) is 76.8 Å². The molecular formula is C20H36O4. The van der Waals surface area contributed by atoms with Crippen LogP contribution in [0.4, 0.5) is 0 Å². The van der Waals surface area contributed by atoms with E-state index in [2.05, 4.69) is 6.92 Å². The number of carbonyl (C=O) groups is 3. The first kappa shape index (κ1) is 22.8. The van der Waals surface area contributed by atoms with Gasteiger partial charge in [0.15, 0.2) is 0 Å². The zero-order valence-electron chi connectivity index (χ0n) is 15.4. The normalized spacial score (nSPS) is 13.4. The number of hydrogen-bond donors (Lipinski definition) is 1. The van der Waals surface area contributed by atoms with Crippen LogP contribution in [-0.4, -0.2) is 23.6 Å². The Morgan fingerprint density at radius 1 is 0.750 bits per heavy atom. The molecule has 140 valence electrons. The number of carboxylic acid groups (broad SMARTS) is 1. The van der Waals surface area contributed by atoms with Crippen LogP contribution in [0.3, 0.4) is 0 Å². The minimum atomic E-state index is -0.726. The fraction of sp³-hybridized carbons (Fsp3) is 0.850. The monoisotopic (exact) mass is 340 g/mol. The molecule has 0 saturated carbocycles. The molecule has 0 fully saturated rings. The van der Waals surface area contributed by atoms with Crippen LogP contribution in [0.1, 0.15) is 96.8 Å². The maximum absolute atomic E-state index is 11.2. The van der Waals surface area contributed by atoms with Crippen molar-refractivity contribution < 1.29 is 19.5 Å². The molecule has 0 aliphatic carbocycles. The maximum Gasteiger partial charge on any atom is 0.303 e. The van der Waals surface area contributed by atoms with Crippen LogP contribution in [0.2, 0.25) is 0 Å². The van der Waals surface area contributed by atoms with E-state index in [-0.39, 0.29) is 18.3 Å². The lowest BCUT2D eigenvalue weighted by atomic mass is 9.90. The Balaban J connectivity index is 3.71. The first-order valence-corrected chi connectivity index (χ1v) is 9.76. The van der Waals surface area contributed by atoms with E-state index in [4.69, 9.17) is 5.11 Å². The minimum Gasteiger partial charge on any atom is -0.481 e. The third-order valence-corrected chi connectivity index (χ3v) is 4.69. The summed E-state index contributed by atoms with van der Waals surface area (Å²) < 4.78 is 0. The van der Waals surface area contributed by atoms with Crippen LogP contribution >= 0.6 is 0 Å². The second kappa shape index (κ2) is 16.7. The second-order valence-corrected chi connectivity index (χ2v) is 6.92. The van der Waals surface area contributed by atoms with Crippen LogP contribution in [0.15, 0.2) is 0 Å². The molecule has 0 aromatic carbocycles. The lowest BCUT2D eigenvalue weighted by molar-refractivity contribution is -0.137. The lowest BCUT2D eigenvalue weighted by Gasteiger charge is -2.14. The van der Waals surface area contributed by atoms with Crippen molar-refractivity contribution in [3.63, 3.8) is 0 Å². The third kappa shape index (κ3) is 14.4. The van der Waals surface area contributed by atoms with E-state index < -0.39 is 5.97 Å². The molecule has 24 heavy (non-hydrogen) atoms. The SMILES string of the molecule is CCCCCCC(C=O)CCC(C=O)CCCCCCCC(=O)O. The number of aldehydes is 2. The molecule has 0 aromatic heterocycles. The number of rotatable bonds is 18. The van der Waals surface area contributed by atoms with E-state index in [0.29, 0.717) is 0 Å². The number of hydrogen-bond acceptors (Lipinski definition) is 3. The van der Waals surface area contributed by atoms with Gasteiger partial charge in [-0.2, -0.15) is 0 Å². The first-order valence-electron chi connectivity index (χ1n) is 9.76. The first-order chi connectivity index (χ1) is 11.6. The largest absolute Gasteiger partial charge is 0.481 e. The summed E-state index contributed by atoms with van der Waals surface area (Å²) in [5.74, 6) is -0.544. The van der Waals surface area contributed by atoms with Gasteiger partial charge in [-0.3, -0.25) is 4.79 Å². The van der Waals surface area contributed by atoms with Crippen LogP contribution < -0.4 is 0 Å². The molecule has 2 unspecified atom stereocenters. The van der Waals surface area contributed by atoms with Crippen molar-refractivity contribution in [1.82, 2.24) is 0 Å². The zero-order valence-corrected chi connectivity index (χ0v) is 15.4. The molecule has 0 aliphatic rings. The van der Waals surface area contributed by atoms with Crippen molar-refractivity contribution in [3.05, 3.63) is 0 Å². The summed E-state index contributed by atoms with van der Waals surface area (Å²) in [5, 5.41) is 8.56. The van der Waals surface area contributed by atoms with E-state index in [9.17, 15) is 14.4 Å². The van der Waals surface area contributed by atoms with Gasteiger partial charge in [0, 0.05) is 18.3 Å². The van der Waals surface area contributed by atoms with Crippen molar-refractivity contribution in [3.8, 4) is 0 Å². The Labute approximate surface area is 147 Å². The van der Waals surface area contributed by atoms with E-state index in [1.807, 2.05) is 0 Å². The van der Waals surface area contributed by atoms with Gasteiger partial charge in [0.2, 0.25) is 0 Å². The number of unbranched alkanes of at least 4 members (excludes halogenated alkanes) is 7. The molecule has 0 spiro atoms. The topological polar surface area (TPSA) is 71.4 Å². The Morgan fingerprint density at radius 2 is 1.21 bits per heavy atom. The smallest absolute Gasteiger partial charge is 0.303 e. The van der Waals surface area contributed by atoms with Crippen LogP contribution in [0.25, 0.3) is 0 Å². The van der Waals surface area contributed by atoms with Gasteiger partial charge in [-0.25, -0.2) is 0 Å². The summed E-state index contributed by atoms with van der Waals surface area (Å²) in [7, 11) is 0. The predicted molar refractivity (Wildman–Crippen MR) is 97.1 cm³/mol. The van der Waals surface area contributed by atoms with Crippen molar-refractivity contribution in [2.45, 2.75) is 96.8 Å². The molecule has 4 nitrogen and oxygen atoms in total. The summed E-state index contributed by atoms with van der Waals surface area (Å²) in [6.07, 6.45) is 15.4. The van der Waals surface area contributed by atoms with Crippen LogP contribution in [0, 0.1) is 11.8 Å². The molecule has 1 N–H and O–H groups in total. The van der Waals surface area contributed by atoms with Gasteiger partial charge >= 0.3 is 5.97 Å². The Hall–Kier alpha value is -1.19. The van der Waals surface area contributed by atoms with Gasteiger partial charge in [-0.05, 0) is 32.1 Å². The average Bonchev–Trinajstić information content (AvgIpc) is 2.57. The molecule has 0 amide bonds. The van der Waals surface area contributed by atoms with Crippen LogP contribution in [-0.2, 0) is 14.4 Å². The van der Waals surface area contributed by atoms with Crippen molar-refractivity contribution in [1.29, 1.82) is 0 Å². The highest BCUT2D eigenvalue weighted by Crippen LogP contribution is 2.20. The summed E-state index contributed by atoms with van der Waals surface area (Å²) in [4.78, 5) is 32.7. The van der Waals surface area contributed by atoms with Gasteiger partial charge in [0.1, 0.15) is 12.6 Å². The van der Waals surface area contributed by atoms with Crippen molar-refractivity contribution in [2.24, 2.45) is 11.8 Å². The molecule has 0 saturated heterocycles. The van der Waals surface area contributed by atoms with Crippen molar-refractivity contribution in [2.75, 3.05) is 0 Å². The minimum absolute atomic E-state index is 0.0714. The fourth-order valence-electron chi connectivity index (χ4n) is 3.04. The molecule has 4 heteroatoms. The third-order valence-electron chi connectivity index (χ3n) is 4.69. The van der Waals surface area contributed by atoms with Crippen LogP contribution in [0.5, 0.6) is 0 Å². The van der Waals surface area contributed by atoms with E-state index in [1.165, 1.54) is 19.3 Å². The highest BCUT2D eigenvalue weighted by molar-refractivity contribution is 5.66.